The van der Waals surface area contributed by atoms with Gasteiger partial charge in [-0.1, -0.05) is 23.5 Å². The van der Waals surface area contributed by atoms with Crippen molar-refractivity contribution in [2.45, 2.75) is 25.8 Å². The van der Waals surface area contributed by atoms with Gasteiger partial charge in [-0.3, -0.25) is 4.79 Å². The second-order valence-corrected chi connectivity index (χ2v) is 6.45. The fourth-order valence-electron chi connectivity index (χ4n) is 2.34. The highest BCUT2D eigenvalue weighted by molar-refractivity contribution is 7.22. The molecule has 0 spiro atoms. The smallest absolute Gasteiger partial charge is 0.268 e. The van der Waals surface area contributed by atoms with Crippen molar-refractivity contribution in [1.29, 1.82) is 0 Å². The van der Waals surface area contributed by atoms with Crippen LogP contribution >= 0.6 is 11.3 Å². The third kappa shape index (κ3) is 2.25. The number of fused-ring (bicyclic) bond motifs is 1. The molecule has 2 aliphatic rings. The molecule has 1 aromatic carbocycles. The SMILES string of the molecule is CC1=NN(c2nc3ccccc3s2)C(=O)[C@@H]1C=[NH+]C1CC1. The summed E-state index contributed by atoms with van der Waals surface area (Å²) in [5.74, 6) is -0.308. The second-order valence-electron chi connectivity index (χ2n) is 5.44. The number of nitrogens with zero attached hydrogens (tertiary/aromatic N) is 3. The molecule has 1 N–H and O–H groups in total. The van der Waals surface area contributed by atoms with Gasteiger partial charge in [-0.05, 0) is 19.1 Å². The zero-order valence-corrected chi connectivity index (χ0v) is 12.4. The Kier molecular flexibility index (Phi) is 2.85. The normalized spacial score (nSPS) is 22.5. The van der Waals surface area contributed by atoms with Gasteiger partial charge < -0.3 is 0 Å². The summed E-state index contributed by atoms with van der Waals surface area (Å²) >= 11 is 1.49. The van der Waals surface area contributed by atoms with Crippen LogP contribution in [0.3, 0.4) is 0 Å². The molecular weight excluding hydrogens is 284 g/mol. The van der Waals surface area contributed by atoms with Crippen LogP contribution in [0.1, 0.15) is 19.8 Å². The van der Waals surface area contributed by atoms with E-state index in [1.54, 1.807) is 0 Å². The first-order chi connectivity index (χ1) is 10.2. The molecule has 1 amide bonds. The van der Waals surface area contributed by atoms with E-state index in [2.05, 4.69) is 15.1 Å². The van der Waals surface area contributed by atoms with Crippen molar-refractivity contribution in [2.75, 3.05) is 5.01 Å². The Morgan fingerprint density at radius 2 is 2.19 bits per heavy atom. The molecular formula is C15H15N4OS+. The molecule has 6 heteroatoms. The Hall–Kier alpha value is -2.08. The first kappa shape index (κ1) is 12.6. The van der Waals surface area contributed by atoms with Gasteiger partial charge >= 0.3 is 0 Å². The lowest BCUT2D eigenvalue weighted by molar-refractivity contribution is -0.469. The molecule has 1 aliphatic heterocycles. The van der Waals surface area contributed by atoms with Gasteiger partial charge in [0.25, 0.3) is 5.91 Å². The third-order valence-electron chi connectivity index (χ3n) is 3.72. The molecule has 1 saturated carbocycles. The van der Waals surface area contributed by atoms with Crippen LogP contribution in [0.25, 0.3) is 10.2 Å². The average Bonchev–Trinajstić information content (AvgIpc) is 3.13. The lowest BCUT2D eigenvalue weighted by Gasteiger charge is -2.07. The van der Waals surface area contributed by atoms with E-state index in [0.29, 0.717) is 11.2 Å². The number of thiazole rings is 1. The van der Waals surface area contributed by atoms with Crippen LogP contribution in [-0.2, 0) is 4.79 Å². The van der Waals surface area contributed by atoms with Crippen molar-refractivity contribution in [2.24, 2.45) is 11.0 Å². The number of para-hydroxylation sites is 1. The molecule has 1 fully saturated rings. The van der Waals surface area contributed by atoms with Crippen molar-refractivity contribution in [3.05, 3.63) is 24.3 Å². The van der Waals surface area contributed by atoms with E-state index in [4.69, 9.17) is 0 Å². The molecule has 21 heavy (non-hydrogen) atoms. The molecule has 1 aliphatic carbocycles. The molecule has 5 nitrogen and oxygen atoms in total. The molecule has 0 bridgehead atoms. The number of amides is 1. The monoisotopic (exact) mass is 299 g/mol. The fourth-order valence-corrected chi connectivity index (χ4v) is 3.26. The van der Waals surface area contributed by atoms with Crippen molar-refractivity contribution in [1.82, 2.24) is 4.98 Å². The number of aromatic nitrogens is 1. The van der Waals surface area contributed by atoms with Gasteiger partial charge in [-0.25, -0.2) is 9.98 Å². The predicted molar refractivity (Wildman–Crippen MR) is 83.8 cm³/mol. The molecule has 0 unspecified atom stereocenters. The van der Waals surface area contributed by atoms with Gasteiger partial charge in [0.05, 0.1) is 15.9 Å². The maximum atomic E-state index is 12.5. The van der Waals surface area contributed by atoms with Crippen LogP contribution in [0.2, 0.25) is 0 Å². The molecule has 106 valence electrons. The highest BCUT2D eigenvalue weighted by atomic mass is 32.1. The summed E-state index contributed by atoms with van der Waals surface area (Å²) < 4.78 is 1.07. The summed E-state index contributed by atoms with van der Waals surface area (Å²) in [6.07, 6.45) is 4.26. The van der Waals surface area contributed by atoms with Crippen molar-refractivity contribution in [3.8, 4) is 0 Å². The van der Waals surface area contributed by atoms with Crippen LogP contribution in [0.4, 0.5) is 5.13 Å². The van der Waals surface area contributed by atoms with E-state index in [1.807, 2.05) is 37.4 Å². The Balaban J connectivity index is 1.64. The third-order valence-corrected chi connectivity index (χ3v) is 4.73. The molecule has 2 heterocycles. The average molecular weight is 299 g/mol. The minimum atomic E-state index is -0.280. The number of hydrazone groups is 1. The Morgan fingerprint density at radius 3 is 2.95 bits per heavy atom. The summed E-state index contributed by atoms with van der Waals surface area (Å²) in [5, 5.41) is 6.47. The standard InChI is InChI=1S/C15H14N4OS/c1-9-11(8-16-10-6-7-10)14(20)19(18-9)15-17-12-4-2-3-5-13(12)21-15/h2-5,8,10-11H,6-7H2,1H3/p+1/t11-/m1/s1. The maximum Gasteiger partial charge on any atom is 0.268 e. The summed E-state index contributed by atoms with van der Waals surface area (Å²) in [6, 6.07) is 8.42. The number of rotatable bonds is 3. The fraction of sp³-hybridized carbons (Fsp3) is 0.333. The predicted octanol–water partition coefficient (Wildman–Crippen LogP) is 0.949. The molecule has 1 atom stereocenters. The Morgan fingerprint density at radius 1 is 1.38 bits per heavy atom. The minimum absolute atomic E-state index is 0.0280. The van der Waals surface area contributed by atoms with Crippen molar-refractivity contribution in [3.63, 3.8) is 0 Å². The number of hydrogen-bond acceptors (Lipinski definition) is 4. The highest BCUT2D eigenvalue weighted by Crippen LogP contribution is 2.31. The largest absolute Gasteiger partial charge is 0.271 e. The number of nitrogens with one attached hydrogen (secondary N) is 1. The topological polar surface area (TPSA) is 59.5 Å². The van der Waals surface area contributed by atoms with E-state index in [9.17, 15) is 4.79 Å². The number of benzene rings is 1. The highest BCUT2D eigenvalue weighted by Gasteiger charge is 2.37. The minimum Gasteiger partial charge on any atom is -0.271 e. The first-order valence-corrected chi connectivity index (χ1v) is 7.88. The summed E-state index contributed by atoms with van der Waals surface area (Å²) in [6.45, 7) is 1.89. The summed E-state index contributed by atoms with van der Waals surface area (Å²) in [4.78, 5) is 20.3. The van der Waals surface area contributed by atoms with Crippen LogP contribution in [-0.4, -0.2) is 28.9 Å². The second kappa shape index (κ2) is 4.73. The van der Waals surface area contributed by atoms with Crippen LogP contribution in [0, 0.1) is 5.92 Å². The summed E-state index contributed by atoms with van der Waals surface area (Å²) in [7, 11) is 0. The zero-order chi connectivity index (χ0) is 14.4. The van der Waals surface area contributed by atoms with Gasteiger partial charge in [0.2, 0.25) is 5.13 Å². The van der Waals surface area contributed by atoms with Gasteiger partial charge in [-0.2, -0.15) is 10.1 Å². The zero-order valence-electron chi connectivity index (χ0n) is 11.6. The molecule has 2 aromatic rings. The van der Waals surface area contributed by atoms with Crippen LogP contribution in [0.5, 0.6) is 0 Å². The van der Waals surface area contributed by atoms with Crippen molar-refractivity contribution < 1.29 is 9.79 Å². The van der Waals surface area contributed by atoms with Gasteiger partial charge in [-0.15, -0.1) is 0 Å². The van der Waals surface area contributed by atoms with Crippen LogP contribution < -0.4 is 10.0 Å². The van der Waals surface area contributed by atoms with Gasteiger partial charge in [0.15, 0.2) is 18.2 Å². The number of hydrogen-bond donors (Lipinski definition) is 1. The molecule has 4 rings (SSSR count). The van der Waals surface area contributed by atoms with E-state index >= 15 is 0 Å². The van der Waals surface area contributed by atoms with Crippen molar-refractivity contribution >= 4 is 44.5 Å². The van der Waals surface area contributed by atoms with Crippen LogP contribution in [0.15, 0.2) is 29.4 Å². The first-order valence-electron chi connectivity index (χ1n) is 7.06. The van der Waals surface area contributed by atoms with E-state index < -0.39 is 0 Å². The van der Waals surface area contributed by atoms with Gasteiger partial charge in [0.1, 0.15) is 0 Å². The van der Waals surface area contributed by atoms with E-state index in [1.165, 1.54) is 29.2 Å². The van der Waals surface area contributed by atoms with E-state index in [-0.39, 0.29) is 11.8 Å². The Labute approximate surface area is 126 Å². The number of carbonyl (C=O) groups is 1. The quantitative estimate of drug-likeness (QED) is 0.858. The molecule has 1 aromatic heterocycles. The Bertz CT molecular complexity index is 742. The lowest BCUT2D eigenvalue weighted by Crippen LogP contribution is -2.72. The molecule has 0 saturated heterocycles. The molecule has 0 radical (unpaired) electrons. The maximum absolute atomic E-state index is 12.5. The summed E-state index contributed by atoms with van der Waals surface area (Å²) in [5.41, 5.74) is 1.72. The van der Waals surface area contributed by atoms with E-state index in [0.717, 1.165) is 15.9 Å². The lowest BCUT2D eigenvalue weighted by atomic mass is 10.1. The number of carbonyl (C=O) groups excluding carboxylic acids is 1. The van der Waals surface area contributed by atoms with Gasteiger partial charge in [0, 0.05) is 12.8 Å². The number of anilines is 1.